The van der Waals surface area contributed by atoms with Gasteiger partial charge in [-0.05, 0) is 24.3 Å². The van der Waals surface area contributed by atoms with Gasteiger partial charge in [0.25, 0.3) is 15.0 Å². The quantitative estimate of drug-likeness (QED) is 0.866. The summed E-state index contributed by atoms with van der Waals surface area (Å²) in [5, 5.41) is 4.32. The Kier molecular flexibility index (Phi) is 5.03. The molecule has 0 radical (unpaired) electrons. The van der Waals surface area contributed by atoms with E-state index in [2.05, 4.69) is 26.1 Å². The molecule has 19 heavy (non-hydrogen) atoms. The van der Waals surface area contributed by atoms with Gasteiger partial charge in [-0.15, -0.1) is 11.3 Å². The third kappa shape index (κ3) is 4.78. The molecule has 1 aromatic heterocycles. The summed E-state index contributed by atoms with van der Waals surface area (Å²) >= 11 is 0.970. The summed E-state index contributed by atoms with van der Waals surface area (Å²) in [7, 11) is 1.52. The fourth-order valence-electron chi connectivity index (χ4n) is 1.51. The van der Waals surface area contributed by atoms with E-state index in [0.717, 1.165) is 17.8 Å². The van der Waals surface area contributed by atoms with E-state index >= 15 is 0 Å². The highest BCUT2D eigenvalue weighted by molar-refractivity contribution is 8.15. The third-order valence-corrected chi connectivity index (χ3v) is 5.93. The van der Waals surface area contributed by atoms with Crippen LogP contribution in [-0.2, 0) is 9.05 Å². The second-order valence-corrected chi connectivity index (χ2v) is 9.21. The van der Waals surface area contributed by atoms with Gasteiger partial charge in [-0.3, -0.25) is 4.79 Å². The van der Waals surface area contributed by atoms with Crippen LogP contribution in [-0.4, -0.2) is 20.9 Å². The summed E-state index contributed by atoms with van der Waals surface area (Å²) in [6.07, 6.45) is 0.850. The molecular weight excluding hydrogens is 306 g/mol. The highest BCUT2D eigenvalue weighted by atomic mass is 35.7. The SMILES string of the molecule is Cc1c(C(=O)NCCC(C)(C)C)csc1S(=O)(=O)Cl. The molecule has 1 aromatic rings. The van der Waals surface area contributed by atoms with Gasteiger partial charge in [0, 0.05) is 22.6 Å². The molecule has 4 nitrogen and oxygen atoms in total. The topological polar surface area (TPSA) is 63.2 Å². The van der Waals surface area contributed by atoms with E-state index in [1.165, 1.54) is 5.38 Å². The lowest BCUT2D eigenvalue weighted by Gasteiger charge is -2.17. The van der Waals surface area contributed by atoms with Gasteiger partial charge in [-0.1, -0.05) is 20.8 Å². The fraction of sp³-hybridized carbons (Fsp3) is 0.583. The lowest BCUT2D eigenvalue weighted by atomic mass is 9.92. The van der Waals surface area contributed by atoms with Crippen LogP contribution in [0.15, 0.2) is 9.59 Å². The van der Waals surface area contributed by atoms with Crippen molar-refractivity contribution in [1.82, 2.24) is 5.32 Å². The van der Waals surface area contributed by atoms with Crippen molar-refractivity contribution in [2.24, 2.45) is 5.41 Å². The molecular formula is C12H18ClNO3S2. The molecule has 0 aliphatic carbocycles. The highest BCUT2D eigenvalue weighted by Gasteiger charge is 2.22. The molecule has 1 rings (SSSR count). The molecule has 0 saturated carbocycles. The first-order chi connectivity index (χ1) is 8.52. The third-order valence-electron chi connectivity index (χ3n) is 2.62. The van der Waals surface area contributed by atoms with Crippen LogP contribution in [0, 0.1) is 12.3 Å². The van der Waals surface area contributed by atoms with Crippen LogP contribution in [0.1, 0.15) is 43.1 Å². The predicted octanol–water partition coefficient (Wildman–Crippen LogP) is 3.15. The molecule has 0 fully saturated rings. The first-order valence-corrected chi connectivity index (χ1v) is 9.02. The molecule has 1 heterocycles. The van der Waals surface area contributed by atoms with Crippen LogP contribution in [0.3, 0.4) is 0 Å². The summed E-state index contributed by atoms with van der Waals surface area (Å²) in [4.78, 5) is 11.9. The van der Waals surface area contributed by atoms with E-state index in [0.29, 0.717) is 17.7 Å². The average molecular weight is 324 g/mol. The zero-order valence-corrected chi connectivity index (χ0v) is 13.8. The van der Waals surface area contributed by atoms with E-state index in [9.17, 15) is 13.2 Å². The Morgan fingerprint density at radius 3 is 2.42 bits per heavy atom. The van der Waals surface area contributed by atoms with Gasteiger partial charge in [0.1, 0.15) is 4.21 Å². The number of halogens is 1. The number of nitrogens with one attached hydrogen (secondary N) is 1. The summed E-state index contributed by atoms with van der Waals surface area (Å²) in [6, 6.07) is 0. The van der Waals surface area contributed by atoms with Crippen molar-refractivity contribution in [2.75, 3.05) is 6.54 Å². The van der Waals surface area contributed by atoms with E-state index in [-0.39, 0.29) is 15.5 Å². The molecule has 0 bridgehead atoms. The number of amides is 1. The Hall–Kier alpha value is -0.590. The maximum Gasteiger partial charge on any atom is 0.271 e. The van der Waals surface area contributed by atoms with Crippen LogP contribution < -0.4 is 5.32 Å². The summed E-state index contributed by atoms with van der Waals surface area (Å²) < 4.78 is 22.6. The van der Waals surface area contributed by atoms with Crippen molar-refractivity contribution < 1.29 is 13.2 Å². The van der Waals surface area contributed by atoms with Gasteiger partial charge in [-0.25, -0.2) is 8.42 Å². The maximum atomic E-state index is 11.9. The standard InChI is InChI=1S/C12H18ClNO3S2/c1-8-9(7-18-11(8)19(13,16)17)10(15)14-6-5-12(2,3)4/h7H,5-6H2,1-4H3,(H,14,15). The van der Waals surface area contributed by atoms with Gasteiger partial charge < -0.3 is 5.32 Å². The summed E-state index contributed by atoms with van der Waals surface area (Å²) in [6.45, 7) is 8.42. The molecule has 0 aliphatic heterocycles. The van der Waals surface area contributed by atoms with Crippen molar-refractivity contribution in [3.05, 3.63) is 16.5 Å². The monoisotopic (exact) mass is 323 g/mol. The number of carbonyl (C=O) groups is 1. The smallest absolute Gasteiger partial charge is 0.271 e. The van der Waals surface area contributed by atoms with Crippen molar-refractivity contribution in [1.29, 1.82) is 0 Å². The van der Waals surface area contributed by atoms with Crippen LogP contribution in [0.2, 0.25) is 0 Å². The fourth-order valence-corrected chi connectivity index (χ4v) is 4.06. The average Bonchev–Trinajstić information content (AvgIpc) is 2.57. The van der Waals surface area contributed by atoms with Crippen LogP contribution in [0.4, 0.5) is 0 Å². The lowest BCUT2D eigenvalue weighted by Crippen LogP contribution is -2.27. The molecule has 7 heteroatoms. The molecule has 0 unspecified atom stereocenters. The molecule has 0 aromatic carbocycles. The van der Waals surface area contributed by atoms with Gasteiger partial charge in [0.05, 0.1) is 5.56 Å². The van der Waals surface area contributed by atoms with E-state index in [1.807, 2.05) is 0 Å². The van der Waals surface area contributed by atoms with Crippen LogP contribution in [0.5, 0.6) is 0 Å². The van der Waals surface area contributed by atoms with Crippen molar-refractivity contribution in [3.8, 4) is 0 Å². The molecule has 0 aliphatic rings. The predicted molar refractivity (Wildman–Crippen MR) is 78.5 cm³/mol. The van der Waals surface area contributed by atoms with E-state index < -0.39 is 9.05 Å². The Labute approximate surface area is 122 Å². The van der Waals surface area contributed by atoms with Crippen LogP contribution in [0.25, 0.3) is 0 Å². The number of thiophene rings is 1. The van der Waals surface area contributed by atoms with E-state index in [1.54, 1.807) is 6.92 Å². The minimum atomic E-state index is -3.78. The Morgan fingerprint density at radius 1 is 1.42 bits per heavy atom. The van der Waals surface area contributed by atoms with Gasteiger partial charge in [0.2, 0.25) is 0 Å². The number of rotatable bonds is 4. The molecule has 0 atom stereocenters. The first kappa shape index (κ1) is 16.5. The second-order valence-electron chi connectivity index (χ2n) is 5.57. The molecule has 0 spiro atoms. The van der Waals surface area contributed by atoms with Crippen molar-refractivity contribution in [2.45, 2.75) is 38.3 Å². The van der Waals surface area contributed by atoms with Crippen molar-refractivity contribution >= 4 is 37.0 Å². The van der Waals surface area contributed by atoms with Crippen molar-refractivity contribution in [3.63, 3.8) is 0 Å². The molecule has 1 N–H and O–H groups in total. The maximum absolute atomic E-state index is 11.9. The number of hydrogen-bond acceptors (Lipinski definition) is 4. The largest absolute Gasteiger partial charge is 0.352 e. The minimum absolute atomic E-state index is 0.0372. The van der Waals surface area contributed by atoms with Gasteiger partial charge in [0.15, 0.2) is 0 Å². The first-order valence-electron chi connectivity index (χ1n) is 5.83. The number of hydrogen-bond donors (Lipinski definition) is 1. The minimum Gasteiger partial charge on any atom is -0.352 e. The van der Waals surface area contributed by atoms with Gasteiger partial charge >= 0.3 is 0 Å². The van der Waals surface area contributed by atoms with Gasteiger partial charge in [-0.2, -0.15) is 0 Å². The molecule has 108 valence electrons. The van der Waals surface area contributed by atoms with Crippen LogP contribution >= 0.6 is 22.0 Å². The Bertz CT molecular complexity index is 570. The normalized spacial score (nSPS) is 12.5. The number of carbonyl (C=O) groups excluding carboxylic acids is 1. The zero-order chi connectivity index (χ0) is 14.8. The summed E-state index contributed by atoms with van der Waals surface area (Å²) in [5.74, 6) is -0.260. The molecule has 1 amide bonds. The van der Waals surface area contributed by atoms with E-state index in [4.69, 9.17) is 10.7 Å². The summed E-state index contributed by atoms with van der Waals surface area (Å²) in [5.41, 5.74) is 0.924. The Balaban J connectivity index is 2.77. The zero-order valence-electron chi connectivity index (χ0n) is 11.4. The second kappa shape index (κ2) is 5.81. The highest BCUT2D eigenvalue weighted by Crippen LogP contribution is 2.29. The Morgan fingerprint density at radius 2 is 2.00 bits per heavy atom. The molecule has 0 saturated heterocycles. The lowest BCUT2D eigenvalue weighted by molar-refractivity contribution is 0.0949.